The Morgan fingerprint density at radius 2 is 1.55 bits per heavy atom. The van der Waals surface area contributed by atoms with Crippen molar-refractivity contribution in [2.45, 2.75) is 25.7 Å². The standard InChI is InChI=1S/C15H16ClNO2S/c1-10-4-6-14(12(3)8-10)17-20(18,19)15-7-5-11(2)9-13(15)16/h4-9,17H,1-3H3. The summed E-state index contributed by atoms with van der Waals surface area (Å²) in [6.07, 6.45) is 0. The fourth-order valence-electron chi connectivity index (χ4n) is 1.95. The van der Waals surface area contributed by atoms with Gasteiger partial charge in [-0.25, -0.2) is 8.42 Å². The molecule has 0 saturated carbocycles. The zero-order valence-electron chi connectivity index (χ0n) is 11.6. The van der Waals surface area contributed by atoms with E-state index in [2.05, 4.69) is 4.72 Å². The molecule has 0 amide bonds. The number of rotatable bonds is 3. The summed E-state index contributed by atoms with van der Waals surface area (Å²) in [5, 5.41) is 0.224. The fraction of sp³-hybridized carbons (Fsp3) is 0.200. The van der Waals surface area contributed by atoms with Gasteiger partial charge in [0.05, 0.1) is 10.7 Å². The van der Waals surface area contributed by atoms with Crippen molar-refractivity contribution in [3.8, 4) is 0 Å². The lowest BCUT2D eigenvalue weighted by molar-refractivity contribution is 0.601. The molecule has 2 aromatic rings. The molecule has 1 N–H and O–H groups in total. The lowest BCUT2D eigenvalue weighted by Gasteiger charge is -2.12. The first-order valence-electron chi connectivity index (χ1n) is 6.16. The van der Waals surface area contributed by atoms with Gasteiger partial charge in [0, 0.05) is 0 Å². The van der Waals surface area contributed by atoms with Crippen LogP contribution in [0.15, 0.2) is 41.3 Å². The lowest BCUT2D eigenvalue weighted by atomic mass is 10.1. The molecule has 0 fully saturated rings. The number of hydrogen-bond donors (Lipinski definition) is 1. The molecule has 0 unspecified atom stereocenters. The first-order chi connectivity index (χ1) is 9.29. The van der Waals surface area contributed by atoms with Crippen molar-refractivity contribution >= 4 is 27.3 Å². The fourth-order valence-corrected chi connectivity index (χ4v) is 3.68. The van der Waals surface area contributed by atoms with E-state index in [1.54, 1.807) is 18.2 Å². The molecule has 0 aliphatic carbocycles. The van der Waals surface area contributed by atoms with E-state index in [4.69, 9.17) is 11.6 Å². The number of aryl methyl sites for hydroxylation is 3. The molecule has 2 rings (SSSR count). The van der Waals surface area contributed by atoms with Gasteiger partial charge in [-0.3, -0.25) is 4.72 Å². The molecule has 0 radical (unpaired) electrons. The molecule has 0 bridgehead atoms. The van der Waals surface area contributed by atoms with Crippen LogP contribution >= 0.6 is 11.6 Å². The van der Waals surface area contributed by atoms with Gasteiger partial charge in [-0.1, -0.05) is 35.4 Å². The highest BCUT2D eigenvalue weighted by Crippen LogP contribution is 2.26. The largest absolute Gasteiger partial charge is 0.279 e. The highest BCUT2D eigenvalue weighted by molar-refractivity contribution is 7.92. The smallest absolute Gasteiger partial charge is 0.263 e. The Kier molecular flexibility index (Phi) is 4.06. The van der Waals surface area contributed by atoms with E-state index in [0.29, 0.717) is 5.69 Å². The second kappa shape index (κ2) is 5.46. The third-order valence-electron chi connectivity index (χ3n) is 3.00. The maximum Gasteiger partial charge on any atom is 0.263 e. The predicted molar refractivity (Wildman–Crippen MR) is 82.9 cm³/mol. The Morgan fingerprint density at radius 3 is 2.15 bits per heavy atom. The average Bonchev–Trinajstić information content (AvgIpc) is 2.32. The van der Waals surface area contributed by atoms with Gasteiger partial charge in [0.1, 0.15) is 4.90 Å². The average molecular weight is 310 g/mol. The minimum absolute atomic E-state index is 0.0877. The van der Waals surface area contributed by atoms with Gasteiger partial charge in [0.2, 0.25) is 0 Å². The van der Waals surface area contributed by atoms with Crippen molar-refractivity contribution in [2.75, 3.05) is 4.72 Å². The van der Waals surface area contributed by atoms with Crippen LogP contribution < -0.4 is 4.72 Å². The molecule has 5 heteroatoms. The Morgan fingerprint density at radius 1 is 0.950 bits per heavy atom. The monoisotopic (exact) mass is 309 g/mol. The Bertz CT molecular complexity index is 754. The van der Waals surface area contributed by atoms with E-state index < -0.39 is 10.0 Å². The van der Waals surface area contributed by atoms with Crippen LogP contribution in [0.25, 0.3) is 0 Å². The van der Waals surface area contributed by atoms with Gasteiger partial charge >= 0.3 is 0 Å². The lowest BCUT2D eigenvalue weighted by Crippen LogP contribution is -2.14. The number of halogens is 1. The molecule has 0 atom stereocenters. The highest BCUT2D eigenvalue weighted by atomic mass is 35.5. The SMILES string of the molecule is Cc1ccc(NS(=O)(=O)c2ccc(C)cc2Cl)c(C)c1. The maximum absolute atomic E-state index is 12.4. The second-order valence-electron chi connectivity index (χ2n) is 4.86. The van der Waals surface area contributed by atoms with Crippen molar-refractivity contribution < 1.29 is 8.42 Å². The Labute approximate surface area is 124 Å². The molecule has 3 nitrogen and oxygen atoms in total. The number of nitrogens with one attached hydrogen (secondary N) is 1. The van der Waals surface area contributed by atoms with E-state index in [-0.39, 0.29) is 9.92 Å². The molecule has 106 valence electrons. The molecule has 0 heterocycles. The molecule has 0 saturated heterocycles. The second-order valence-corrected chi connectivity index (χ2v) is 6.92. The van der Waals surface area contributed by atoms with Crippen LogP contribution in [0.2, 0.25) is 5.02 Å². The van der Waals surface area contributed by atoms with Crippen LogP contribution in [0, 0.1) is 20.8 Å². The predicted octanol–water partition coefficient (Wildman–Crippen LogP) is 4.07. The van der Waals surface area contributed by atoms with Gasteiger partial charge in [-0.05, 0) is 50.1 Å². The van der Waals surface area contributed by atoms with Crippen molar-refractivity contribution in [1.29, 1.82) is 0 Å². The molecule has 2 aromatic carbocycles. The van der Waals surface area contributed by atoms with Crippen LogP contribution in [-0.2, 0) is 10.0 Å². The molecule has 0 aliphatic heterocycles. The molecule has 0 aliphatic rings. The quantitative estimate of drug-likeness (QED) is 0.929. The first-order valence-corrected chi connectivity index (χ1v) is 8.02. The zero-order valence-corrected chi connectivity index (χ0v) is 13.1. The summed E-state index contributed by atoms with van der Waals surface area (Å²) >= 11 is 6.03. The van der Waals surface area contributed by atoms with Crippen LogP contribution in [0.5, 0.6) is 0 Å². The van der Waals surface area contributed by atoms with Gasteiger partial charge in [-0.15, -0.1) is 0 Å². The van der Waals surface area contributed by atoms with Gasteiger partial charge < -0.3 is 0 Å². The number of sulfonamides is 1. The van der Waals surface area contributed by atoms with E-state index in [1.807, 2.05) is 32.9 Å². The maximum atomic E-state index is 12.4. The summed E-state index contributed by atoms with van der Waals surface area (Å²) in [6.45, 7) is 5.68. The van der Waals surface area contributed by atoms with E-state index in [9.17, 15) is 8.42 Å². The van der Waals surface area contributed by atoms with Crippen molar-refractivity contribution in [3.05, 3.63) is 58.1 Å². The highest BCUT2D eigenvalue weighted by Gasteiger charge is 2.18. The summed E-state index contributed by atoms with van der Waals surface area (Å²) < 4.78 is 27.3. The minimum atomic E-state index is -3.68. The van der Waals surface area contributed by atoms with Crippen LogP contribution in [-0.4, -0.2) is 8.42 Å². The van der Waals surface area contributed by atoms with Crippen LogP contribution in [0.4, 0.5) is 5.69 Å². The summed E-state index contributed by atoms with van der Waals surface area (Å²) in [5.74, 6) is 0. The first kappa shape index (κ1) is 14.9. The molecule has 0 spiro atoms. The summed E-state index contributed by atoms with van der Waals surface area (Å²) in [6, 6.07) is 10.4. The van der Waals surface area contributed by atoms with E-state index in [1.165, 1.54) is 6.07 Å². The molecule has 0 aromatic heterocycles. The summed E-state index contributed by atoms with van der Waals surface area (Å²) in [7, 11) is -3.68. The zero-order chi connectivity index (χ0) is 14.9. The summed E-state index contributed by atoms with van der Waals surface area (Å²) in [4.78, 5) is 0.0877. The normalized spacial score (nSPS) is 11.4. The number of benzene rings is 2. The van der Waals surface area contributed by atoms with Gasteiger partial charge in [-0.2, -0.15) is 0 Å². The van der Waals surface area contributed by atoms with Crippen LogP contribution in [0.3, 0.4) is 0 Å². The van der Waals surface area contributed by atoms with Gasteiger partial charge in [0.25, 0.3) is 10.0 Å². The topological polar surface area (TPSA) is 46.2 Å². The Hall–Kier alpha value is -1.52. The van der Waals surface area contributed by atoms with E-state index >= 15 is 0 Å². The Balaban J connectivity index is 2.41. The van der Waals surface area contributed by atoms with Crippen molar-refractivity contribution in [3.63, 3.8) is 0 Å². The summed E-state index contributed by atoms with van der Waals surface area (Å²) in [5.41, 5.74) is 3.43. The minimum Gasteiger partial charge on any atom is -0.279 e. The number of hydrogen-bond acceptors (Lipinski definition) is 2. The third kappa shape index (κ3) is 3.14. The van der Waals surface area contributed by atoms with E-state index in [0.717, 1.165) is 16.7 Å². The van der Waals surface area contributed by atoms with Crippen molar-refractivity contribution in [2.24, 2.45) is 0 Å². The molecule has 20 heavy (non-hydrogen) atoms. The van der Waals surface area contributed by atoms with Gasteiger partial charge in [0.15, 0.2) is 0 Å². The third-order valence-corrected chi connectivity index (χ3v) is 4.85. The number of anilines is 1. The molecular weight excluding hydrogens is 294 g/mol. The molecular formula is C15H16ClNO2S. The van der Waals surface area contributed by atoms with Crippen LogP contribution in [0.1, 0.15) is 16.7 Å². The van der Waals surface area contributed by atoms with Crippen molar-refractivity contribution in [1.82, 2.24) is 0 Å².